The SMILES string of the molecule is O=C(Cc1c(F)cccc1Cl)N1CCN(S(=O)(=O)c2cccc3c2N=S=N3)CC1. The van der Waals surface area contributed by atoms with E-state index in [1.165, 1.54) is 33.5 Å². The first-order chi connectivity index (χ1) is 13.9. The van der Waals surface area contributed by atoms with E-state index in [9.17, 15) is 17.6 Å². The molecule has 1 amide bonds. The molecule has 0 N–H and O–H groups in total. The molecule has 7 nitrogen and oxygen atoms in total. The van der Waals surface area contributed by atoms with Crippen LogP contribution in [0.15, 0.2) is 50.0 Å². The van der Waals surface area contributed by atoms with Gasteiger partial charge in [0.1, 0.15) is 22.1 Å². The van der Waals surface area contributed by atoms with Crippen LogP contribution < -0.4 is 0 Å². The molecule has 1 saturated heterocycles. The van der Waals surface area contributed by atoms with Crippen LogP contribution in [0.3, 0.4) is 0 Å². The third kappa shape index (κ3) is 3.85. The van der Waals surface area contributed by atoms with Crippen LogP contribution in [0.2, 0.25) is 5.02 Å². The van der Waals surface area contributed by atoms with E-state index in [1.807, 2.05) is 0 Å². The van der Waals surface area contributed by atoms with Gasteiger partial charge in [-0.3, -0.25) is 4.79 Å². The lowest BCUT2D eigenvalue weighted by molar-refractivity contribution is -0.131. The molecule has 2 heterocycles. The smallest absolute Gasteiger partial charge is 0.245 e. The lowest BCUT2D eigenvalue weighted by Gasteiger charge is -2.34. The Morgan fingerprint density at radius 3 is 2.55 bits per heavy atom. The fourth-order valence-electron chi connectivity index (χ4n) is 3.27. The van der Waals surface area contributed by atoms with Crippen molar-refractivity contribution in [3.8, 4) is 0 Å². The average Bonchev–Trinajstić information content (AvgIpc) is 3.19. The first-order valence-electron chi connectivity index (χ1n) is 8.80. The highest BCUT2D eigenvalue weighted by molar-refractivity contribution is 7.89. The first kappa shape index (κ1) is 20.1. The maximum absolute atomic E-state index is 13.9. The summed E-state index contributed by atoms with van der Waals surface area (Å²) in [6.07, 6.45) is -0.165. The van der Waals surface area contributed by atoms with E-state index in [2.05, 4.69) is 8.73 Å². The molecule has 0 spiro atoms. The van der Waals surface area contributed by atoms with Crippen molar-refractivity contribution < 1.29 is 17.6 Å². The van der Waals surface area contributed by atoms with Gasteiger partial charge in [0.2, 0.25) is 15.9 Å². The second-order valence-corrected chi connectivity index (χ2v) is 9.39. The van der Waals surface area contributed by atoms with E-state index in [-0.39, 0.29) is 54.0 Å². The number of nitrogens with zero attached hydrogens (tertiary/aromatic N) is 4. The van der Waals surface area contributed by atoms with E-state index in [0.29, 0.717) is 11.4 Å². The molecular weight excluding hydrogens is 439 g/mol. The highest BCUT2D eigenvalue weighted by atomic mass is 35.5. The topological polar surface area (TPSA) is 82.4 Å². The van der Waals surface area contributed by atoms with E-state index >= 15 is 0 Å². The molecule has 11 heteroatoms. The highest BCUT2D eigenvalue weighted by Gasteiger charge is 2.33. The summed E-state index contributed by atoms with van der Waals surface area (Å²) in [6, 6.07) is 9.12. The van der Waals surface area contributed by atoms with Gasteiger partial charge in [-0.25, -0.2) is 12.8 Å². The maximum Gasteiger partial charge on any atom is 0.245 e. The number of benzene rings is 2. The van der Waals surface area contributed by atoms with Crippen LogP contribution in [0.1, 0.15) is 5.56 Å². The van der Waals surface area contributed by atoms with Crippen molar-refractivity contribution in [1.29, 1.82) is 0 Å². The molecule has 0 atom stereocenters. The number of fused-ring (bicyclic) bond motifs is 1. The van der Waals surface area contributed by atoms with Crippen LogP contribution in [0.4, 0.5) is 15.8 Å². The molecule has 4 rings (SSSR count). The van der Waals surface area contributed by atoms with Crippen molar-refractivity contribution in [3.05, 3.63) is 52.8 Å². The van der Waals surface area contributed by atoms with Crippen LogP contribution in [0.5, 0.6) is 0 Å². The van der Waals surface area contributed by atoms with Gasteiger partial charge in [0.15, 0.2) is 0 Å². The molecule has 2 aliphatic heterocycles. The Kier molecular flexibility index (Phi) is 5.52. The van der Waals surface area contributed by atoms with E-state index in [4.69, 9.17) is 11.6 Å². The fourth-order valence-corrected chi connectivity index (χ4v) is 5.68. The summed E-state index contributed by atoms with van der Waals surface area (Å²) in [5.74, 6) is -0.822. The van der Waals surface area contributed by atoms with Crippen LogP contribution in [-0.2, 0) is 32.6 Å². The number of sulfonamides is 1. The third-order valence-corrected chi connectivity index (χ3v) is 7.67. The van der Waals surface area contributed by atoms with Gasteiger partial charge in [-0.2, -0.15) is 13.0 Å². The van der Waals surface area contributed by atoms with Crippen molar-refractivity contribution >= 4 is 50.3 Å². The third-order valence-electron chi connectivity index (χ3n) is 4.85. The monoisotopic (exact) mass is 454 g/mol. The number of rotatable bonds is 4. The lowest BCUT2D eigenvalue weighted by Crippen LogP contribution is -2.50. The Labute approximate surface area is 176 Å². The van der Waals surface area contributed by atoms with Gasteiger partial charge in [-0.15, -0.1) is 0 Å². The minimum absolute atomic E-state index is 0.113. The number of piperazine rings is 1. The lowest BCUT2D eigenvalue weighted by atomic mass is 10.1. The molecule has 0 saturated carbocycles. The van der Waals surface area contributed by atoms with Crippen LogP contribution in [-0.4, -0.2) is 49.7 Å². The molecule has 2 aromatic carbocycles. The maximum atomic E-state index is 13.9. The molecule has 0 aromatic heterocycles. The number of carbonyl (C=O) groups excluding carboxylic acids is 1. The summed E-state index contributed by atoms with van der Waals surface area (Å²) in [4.78, 5) is 14.2. The Balaban J connectivity index is 1.45. The fraction of sp³-hybridized carbons (Fsp3) is 0.278. The van der Waals surface area contributed by atoms with Gasteiger partial charge in [-0.05, 0) is 24.3 Å². The van der Waals surface area contributed by atoms with Gasteiger partial charge in [0.25, 0.3) is 0 Å². The summed E-state index contributed by atoms with van der Waals surface area (Å²) in [5.41, 5.74) is 1.04. The predicted octanol–water partition coefficient (Wildman–Crippen LogP) is 3.28. The molecule has 2 aromatic rings. The summed E-state index contributed by atoms with van der Waals surface area (Å²) < 4.78 is 49.5. The van der Waals surface area contributed by atoms with Crippen LogP contribution in [0, 0.1) is 5.82 Å². The van der Waals surface area contributed by atoms with Crippen molar-refractivity contribution in [2.75, 3.05) is 26.2 Å². The molecule has 29 heavy (non-hydrogen) atoms. The van der Waals surface area contributed by atoms with E-state index < -0.39 is 15.8 Å². The Morgan fingerprint density at radius 2 is 1.83 bits per heavy atom. The summed E-state index contributed by atoms with van der Waals surface area (Å²) in [7, 11) is -3.76. The van der Waals surface area contributed by atoms with Gasteiger partial charge in [-0.1, -0.05) is 23.7 Å². The Hall–Kier alpha value is -2.14. The molecule has 0 radical (unpaired) electrons. The van der Waals surface area contributed by atoms with Gasteiger partial charge < -0.3 is 4.90 Å². The standard InChI is InChI=1S/C18H16ClFN4O3S2/c19-13-3-1-4-14(20)12(13)11-17(25)23-7-9-24(10-8-23)29(26,27)16-6-2-5-15-18(16)22-28-21-15/h1-6H,7-11H2. The zero-order valence-electron chi connectivity index (χ0n) is 15.1. The molecule has 2 aliphatic rings. The van der Waals surface area contributed by atoms with Gasteiger partial charge in [0.05, 0.1) is 17.8 Å². The van der Waals surface area contributed by atoms with Crippen LogP contribution in [0.25, 0.3) is 0 Å². The second kappa shape index (κ2) is 7.94. The van der Waals surface area contributed by atoms with Crippen molar-refractivity contribution in [2.24, 2.45) is 8.73 Å². The zero-order valence-corrected chi connectivity index (χ0v) is 17.5. The molecule has 0 unspecified atom stereocenters. The minimum atomic E-state index is -3.76. The van der Waals surface area contributed by atoms with Crippen molar-refractivity contribution in [2.45, 2.75) is 11.3 Å². The predicted molar refractivity (Wildman–Crippen MR) is 108 cm³/mol. The second-order valence-electron chi connectivity index (χ2n) is 6.55. The van der Waals surface area contributed by atoms with Crippen LogP contribution >= 0.6 is 11.6 Å². The number of hydrogen-bond donors (Lipinski definition) is 0. The normalized spacial score (nSPS) is 16.6. The largest absolute Gasteiger partial charge is 0.340 e. The van der Waals surface area contributed by atoms with E-state index in [0.717, 1.165) is 11.4 Å². The van der Waals surface area contributed by atoms with Gasteiger partial charge in [0, 0.05) is 36.8 Å². The summed E-state index contributed by atoms with van der Waals surface area (Å²) in [5, 5.41) is 0.199. The summed E-state index contributed by atoms with van der Waals surface area (Å²) in [6.45, 7) is 0.727. The number of hydrogen-bond acceptors (Lipinski definition) is 5. The number of carbonyl (C=O) groups is 1. The first-order valence-corrected chi connectivity index (χ1v) is 11.3. The van der Waals surface area contributed by atoms with Crippen molar-refractivity contribution in [1.82, 2.24) is 9.21 Å². The Morgan fingerprint density at radius 1 is 1.10 bits per heavy atom. The van der Waals surface area contributed by atoms with Gasteiger partial charge >= 0.3 is 0 Å². The number of halogens is 2. The molecule has 1 fully saturated rings. The molecule has 0 aliphatic carbocycles. The quantitative estimate of drug-likeness (QED) is 0.606. The zero-order chi connectivity index (χ0) is 20.6. The molecule has 152 valence electrons. The van der Waals surface area contributed by atoms with Crippen molar-refractivity contribution in [3.63, 3.8) is 0 Å². The highest BCUT2D eigenvalue weighted by Crippen LogP contribution is 2.38. The molecule has 0 bridgehead atoms. The molecular formula is C18H16ClFN4O3S2. The Bertz CT molecular complexity index is 1140. The average molecular weight is 455 g/mol. The van der Waals surface area contributed by atoms with E-state index in [1.54, 1.807) is 12.1 Å². The summed E-state index contributed by atoms with van der Waals surface area (Å²) >= 11 is 6.95. The minimum Gasteiger partial charge on any atom is -0.340 e. The number of amides is 1.